The number of ether oxygens (including phenoxy) is 2. The number of nitro benzene ring substituents is 1. The molecule has 11 heteroatoms. The van der Waals surface area contributed by atoms with E-state index < -0.39 is 34.4 Å². The van der Waals surface area contributed by atoms with E-state index in [0.717, 1.165) is 6.07 Å². The second kappa shape index (κ2) is 12.4. The van der Waals surface area contributed by atoms with Crippen LogP contribution in [0.4, 0.5) is 11.4 Å². The van der Waals surface area contributed by atoms with Crippen molar-refractivity contribution in [3.05, 3.63) is 133 Å². The summed E-state index contributed by atoms with van der Waals surface area (Å²) in [7, 11) is 1.46. The van der Waals surface area contributed by atoms with Crippen LogP contribution in [0, 0.1) is 10.1 Å². The molecule has 40 heavy (non-hydrogen) atoms. The molecule has 0 spiro atoms. The van der Waals surface area contributed by atoms with Gasteiger partial charge in [0.2, 0.25) is 6.10 Å². The van der Waals surface area contributed by atoms with Crippen LogP contribution in [0.5, 0.6) is 5.75 Å². The van der Waals surface area contributed by atoms with Crippen LogP contribution < -0.4 is 10.1 Å². The molecule has 0 fully saturated rings. The normalized spacial score (nSPS) is 11.3. The van der Waals surface area contributed by atoms with Gasteiger partial charge in [-0.25, -0.2) is 4.79 Å². The van der Waals surface area contributed by atoms with Crippen LogP contribution in [0.2, 0.25) is 10.0 Å². The average molecular weight is 579 g/mol. The molecule has 1 N–H and O–H groups in total. The molecule has 0 aliphatic heterocycles. The minimum Gasteiger partial charge on any atom is -0.495 e. The Balaban J connectivity index is 1.64. The maximum absolute atomic E-state index is 13.4. The lowest BCUT2D eigenvalue weighted by atomic mass is 9.98. The van der Waals surface area contributed by atoms with Gasteiger partial charge >= 0.3 is 5.97 Å². The van der Waals surface area contributed by atoms with E-state index in [0.29, 0.717) is 17.0 Å². The standard InChI is InChI=1S/C29H20Cl2N2O7/c1-39-25-14-12-19(16-23(25)31)32-28(35)27(17-7-3-2-4-8-17)40-29(36)21-10-6-5-9-20(21)26(34)18-11-13-22(30)24(15-18)33(37)38/h2-16,27H,1H3,(H,32,35). The van der Waals surface area contributed by atoms with Gasteiger partial charge in [0.15, 0.2) is 5.78 Å². The molecule has 1 unspecified atom stereocenters. The molecule has 1 atom stereocenters. The van der Waals surface area contributed by atoms with E-state index in [1.807, 2.05) is 0 Å². The van der Waals surface area contributed by atoms with Gasteiger partial charge in [0.1, 0.15) is 10.8 Å². The number of carbonyl (C=O) groups is 3. The molecule has 0 aromatic heterocycles. The summed E-state index contributed by atoms with van der Waals surface area (Å²) in [6.45, 7) is 0. The molecule has 0 heterocycles. The van der Waals surface area contributed by atoms with Gasteiger partial charge in [-0.05, 0) is 36.4 Å². The number of anilines is 1. The Morgan fingerprint density at radius 2 is 1.52 bits per heavy atom. The van der Waals surface area contributed by atoms with Gasteiger partial charge in [-0.1, -0.05) is 71.7 Å². The number of nitrogens with one attached hydrogen (secondary N) is 1. The summed E-state index contributed by atoms with van der Waals surface area (Å²) in [6, 6.07) is 22.3. The fourth-order valence-electron chi connectivity index (χ4n) is 3.83. The Kier molecular flexibility index (Phi) is 8.78. The average Bonchev–Trinajstić information content (AvgIpc) is 2.96. The molecule has 0 saturated carbocycles. The number of amides is 1. The lowest BCUT2D eigenvalue weighted by Crippen LogP contribution is -2.26. The fourth-order valence-corrected chi connectivity index (χ4v) is 4.28. The molecule has 0 saturated heterocycles. The smallest absolute Gasteiger partial charge is 0.340 e. The van der Waals surface area contributed by atoms with E-state index in [2.05, 4.69) is 5.32 Å². The van der Waals surface area contributed by atoms with E-state index in [4.69, 9.17) is 32.7 Å². The molecule has 202 valence electrons. The second-order valence-corrected chi connectivity index (χ2v) is 9.15. The van der Waals surface area contributed by atoms with Crippen molar-refractivity contribution in [3.8, 4) is 5.75 Å². The number of halogens is 2. The summed E-state index contributed by atoms with van der Waals surface area (Å²) in [5.41, 5.74) is 0.0134. The molecular formula is C29H20Cl2N2O7. The predicted molar refractivity (Wildman–Crippen MR) is 149 cm³/mol. The van der Waals surface area contributed by atoms with Crippen molar-refractivity contribution in [1.82, 2.24) is 0 Å². The van der Waals surface area contributed by atoms with Gasteiger partial charge < -0.3 is 14.8 Å². The quantitative estimate of drug-likeness (QED) is 0.102. The summed E-state index contributed by atoms with van der Waals surface area (Å²) in [5, 5.41) is 14.1. The van der Waals surface area contributed by atoms with E-state index >= 15 is 0 Å². The monoisotopic (exact) mass is 578 g/mol. The minimum atomic E-state index is -1.39. The Morgan fingerprint density at radius 3 is 2.17 bits per heavy atom. The number of hydrogen-bond donors (Lipinski definition) is 1. The van der Waals surface area contributed by atoms with Crippen LogP contribution in [-0.4, -0.2) is 29.7 Å². The first-order valence-electron chi connectivity index (χ1n) is 11.7. The highest BCUT2D eigenvalue weighted by atomic mass is 35.5. The topological polar surface area (TPSA) is 125 Å². The van der Waals surface area contributed by atoms with Crippen molar-refractivity contribution in [1.29, 1.82) is 0 Å². The lowest BCUT2D eigenvalue weighted by Gasteiger charge is -2.19. The zero-order chi connectivity index (χ0) is 28.8. The Morgan fingerprint density at radius 1 is 0.850 bits per heavy atom. The molecule has 4 rings (SSSR count). The van der Waals surface area contributed by atoms with Crippen LogP contribution in [0.15, 0.2) is 91.0 Å². The Hall–Kier alpha value is -4.73. The molecule has 4 aromatic rings. The Bertz CT molecular complexity index is 1610. The number of carbonyl (C=O) groups excluding carboxylic acids is 3. The third-order valence-corrected chi connectivity index (χ3v) is 6.40. The highest BCUT2D eigenvalue weighted by Crippen LogP contribution is 2.30. The van der Waals surface area contributed by atoms with Crippen molar-refractivity contribution in [3.63, 3.8) is 0 Å². The molecule has 4 aromatic carbocycles. The summed E-state index contributed by atoms with van der Waals surface area (Å²) in [6.07, 6.45) is -1.39. The summed E-state index contributed by atoms with van der Waals surface area (Å²) in [4.78, 5) is 50.6. The molecule has 0 aliphatic carbocycles. The largest absolute Gasteiger partial charge is 0.495 e. The number of methoxy groups -OCH3 is 1. The SMILES string of the molecule is COc1ccc(NC(=O)C(OC(=O)c2ccccc2C(=O)c2ccc(Cl)c([N+](=O)[O-])c2)c2ccccc2)cc1Cl. The van der Waals surface area contributed by atoms with E-state index in [1.165, 1.54) is 49.6 Å². The zero-order valence-electron chi connectivity index (χ0n) is 20.8. The van der Waals surface area contributed by atoms with Gasteiger partial charge in [-0.3, -0.25) is 19.7 Å². The van der Waals surface area contributed by atoms with Gasteiger partial charge in [0.25, 0.3) is 11.6 Å². The third kappa shape index (κ3) is 6.28. The van der Waals surface area contributed by atoms with Gasteiger partial charge in [0.05, 0.1) is 22.6 Å². The minimum absolute atomic E-state index is 0.0508. The first-order chi connectivity index (χ1) is 19.2. The fraction of sp³-hybridized carbons (Fsp3) is 0.0690. The number of benzene rings is 4. The summed E-state index contributed by atoms with van der Waals surface area (Å²) in [5.74, 6) is -1.87. The number of rotatable bonds is 9. The highest BCUT2D eigenvalue weighted by Gasteiger charge is 2.29. The van der Waals surface area contributed by atoms with Crippen LogP contribution in [0.25, 0.3) is 0 Å². The summed E-state index contributed by atoms with van der Waals surface area (Å²) >= 11 is 12.0. The highest BCUT2D eigenvalue weighted by molar-refractivity contribution is 6.33. The van der Waals surface area contributed by atoms with Crippen molar-refractivity contribution >= 4 is 52.2 Å². The summed E-state index contributed by atoms with van der Waals surface area (Å²) < 4.78 is 10.8. The van der Waals surface area contributed by atoms with Gasteiger partial charge in [0, 0.05) is 28.4 Å². The van der Waals surface area contributed by atoms with Crippen LogP contribution in [-0.2, 0) is 9.53 Å². The van der Waals surface area contributed by atoms with Crippen LogP contribution in [0.3, 0.4) is 0 Å². The van der Waals surface area contributed by atoms with Crippen LogP contribution >= 0.6 is 23.2 Å². The van der Waals surface area contributed by atoms with Gasteiger partial charge in [-0.15, -0.1) is 0 Å². The van der Waals surface area contributed by atoms with E-state index in [-0.39, 0.29) is 26.7 Å². The molecular weight excluding hydrogens is 559 g/mol. The molecule has 0 bridgehead atoms. The van der Waals surface area contributed by atoms with E-state index in [1.54, 1.807) is 42.5 Å². The second-order valence-electron chi connectivity index (χ2n) is 8.33. The van der Waals surface area contributed by atoms with Gasteiger partial charge in [-0.2, -0.15) is 0 Å². The molecule has 0 aliphatic rings. The Labute approximate surface area is 238 Å². The number of nitrogens with zero attached hydrogens (tertiary/aromatic N) is 1. The lowest BCUT2D eigenvalue weighted by molar-refractivity contribution is -0.384. The van der Waals surface area contributed by atoms with Crippen molar-refractivity contribution in [2.45, 2.75) is 6.10 Å². The third-order valence-electron chi connectivity index (χ3n) is 5.78. The first-order valence-corrected chi connectivity index (χ1v) is 12.4. The molecule has 1 amide bonds. The number of ketones is 1. The van der Waals surface area contributed by atoms with Crippen LogP contribution in [0.1, 0.15) is 37.9 Å². The molecule has 0 radical (unpaired) electrons. The first kappa shape index (κ1) is 28.3. The molecule has 9 nitrogen and oxygen atoms in total. The van der Waals surface area contributed by atoms with E-state index in [9.17, 15) is 24.5 Å². The predicted octanol–water partition coefficient (Wildman–Crippen LogP) is 6.68. The maximum atomic E-state index is 13.4. The van der Waals surface area contributed by atoms with Crippen molar-refractivity contribution in [2.75, 3.05) is 12.4 Å². The van der Waals surface area contributed by atoms with Crippen molar-refractivity contribution < 1.29 is 28.8 Å². The van der Waals surface area contributed by atoms with Crippen molar-refractivity contribution in [2.24, 2.45) is 0 Å². The number of esters is 1. The number of hydrogen-bond acceptors (Lipinski definition) is 7. The zero-order valence-corrected chi connectivity index (χ0v) is 22.3. The maximum Gasteiger partial charge on any atom is 0.340 e. The number of nitro groups is 1.